The van der Waals surface area contributed by atoms with E-state index >= 15 is 0 Å². The van der Waals surface area contributed by atoms with E-state index < -0.39 is 0 Å². The molecule has 0 aliphatic carbocycles. The van der Waals surface area contributed by atoms with Crippen molar-refractivity contribution in [3.05, 3.63) is 66.0 Å². The van der Waals surface area contributed by atoms with Crippen LogP contribution in [0.15, 0.2) is 54.9 Å². The van der Waals surface area contributed by atoms with Gasteiger partial charge in [0.25, 0.3) is 0 Å². The van der Waals surface area contributed by atoms with Gasteiger partial charge >= 0.3 is 0 Å². The lowest BCUT2D eigenvalue weighted by Crippen LogP contribution is -2.33. The number of benzene rings is 1. The van der Waals surface area contributed by atoms with Crippen molar-refractivity contribution in [1.29, 1.82) is 0 Å². The summed E-state index contributed by atoms with van der Waals surface area (Å²) in [6.45, 7) is 3.06. The molecule has 0 unspecified atom stereocenters. The van der Waals surface area contributed by atoms with E-state index in [1.807, 2.05) is 54.9 Å². The van der Waals surface area contributed by atoms with Crippen LogP contribution in [0.3, 0.4) is 0 Å². The van der Waals surface area contributed by atoms with Crippen molar-refractivity contribution < 1.29 is 9.36 Å². The lowest BCUT2D eigenvalue weighted by Gasteiger charge is -2.00. The van der Waals surface area contributed by atoms with Crippen molar-refractivity contribution in [2.45, 2.75) is 19.9 Å². The standard InChI is InChI=1S/C15H16NO/c1-2-10-16-11-6-9-14(12-16)15(17)13-7-4-3-5-8-13/h3-9,11-12H,2,10H2,1H3/q+1. The molecule has 1 aromatic heterocycles. The second kappa shape index (κ2) is 5.39. The van der Waals surface area contributed by atoms with Crippen LogP contribution in [-0.2, 0) is 6.54 Å². The lowest BCUT2D eigenvalue weighted by molar-refractivity contribution is -0.697. The number of hydrogen-bond donors (Lipinski definition) is 0. The van der Waals surface area contributed by atoms with Gasteiger partial charge in [0.1, 0.15) is 6.54 Å². The fourth-order valence-electron chi connectivity index (χ4n) is 1.81. The Morgan fingerprint density at radius 1 is 1.06 bits per heavy atom. The second-order valence-electron chi connectivity index (χ2n) is 4.03. The van der Waals surface area contributed by atoms with Gasteiger partial charge in [-0.05, 0) is 6.07 Å². The Bertz CT molecular complexity index is 505. The van der Waals surface area contributed by atoms with Gasteiger partial charge in [-0.15, -0.1) is 0 Å². The molecule has 1 aromatic carbocycles. The van der Waals surface area contributed by atoms with E-state index in [0.29, 0.717) is 0 Å². The van der Waals surface area contributed by atoms with Crippen LogP contribution in [0, 0.1) is 0 Å². The molecule has 2 heteroatoms. The lowest BCUT2D eigenvalue weighted by atomic mass is 10.1. The molecular weight excluding hydrogens is 210 g/mol. The van der Waals surface area contributed by atoms with Crippen molar-refractivity contribution >= 4 is 5.78 Å². The third-order valence-electron chi connectivity index (χ3n) is 2.64. The summed E-state index contributed by atoms with van der Waals surface area (Å²) in [6.07, 6.45) is 4.97. The Balaban J connectivity index is 2.28. The van der Waals surface area contributed by atoms with Crippen LogP contribution in [-0.4, -0.2) is 5.78 Å². The van der Waals surface area contributed by atoms with Crippen molar-refractivity contribution in [1.82, 2.24) is 0 Å². The van der Waals surface area contributed by atoms with Crippen molar-refractivity contribution in [3.63, 3.8) is 0 Å². The smallest absolute Gasteiger partial charge is 0.199 e. The van der Waals surface area contributed by atoms with Gasteiger partial charge in [0.05, 0.1) is 5.56 Å². The van der Waals surface area contributed by atoms with Gasteiger partial charge in [0.15, 0.2) is 18.2 Å². The molecule has 0 N–H and O–H groups in total. The first kappa shape index (κ1) is 11.5. The highest BCUT2D eigenvalue weighted by Crippen LogP contribution is 2.07. The van der Waals surface area contributed by atoms with Gasteiger partial charge in [-0.25, -0.2) is 4.57 Å². The Labute approximate surface area is 102 Å². The van der Waals surface area contributed by atoms with Crippen molar-refractivity contribution in [2.75, 3.05) is 0 Å². The topological polar surface area (TPSA) is 20.9 Å². The summed E-state index contributed by atoms with van der Waals surface area (Å²) in [5.41, 5.74) is 1.48. The molecule has 0 aliphatic rings. The number of ketones is 1. The van der Waals surface area contributed by atoms with Crippen LogP contribution in [0.2, 0.25) is 0 Å². The van der Waals surface area contributed by atoms with Gasteiger partial charge < -0.3 is 0 Å². The highest BCUT2D eigenvalue weighted by Gasteiger charge is 2.11. The molecule has 0 bridgehead atoms. The summed E-state index contributed by atoms with van der Waals surface area (Å²) in [5.74, 6) is 0.0797. The summed E-state index contributed by atoms with van der Waals surface area (Å²) >= 11 is 0. The first-order valence-corrected chi connectivity index (χ1v) is 5.90. The summed E-state index contributed by atoms with van der Waals surface area (Å²) in [4.78, 5) is 12.2. The van der Waals surface area contributed by atoms with E-state index in [1.54, 1.807) is 0 Å². The number of carbonyl (C=O) groups is 1. The number of aryl methyl sites for hydroxylation is 1. The van der Waals surface area contributed by atoms with E-state index in [2.05, 4.69) is 11.5 Å². The number of nitrogens with zero attached hydrogens (tertiary/aromatic N) is 1. The molecule has 0 spiro atoms. The predicted octanol–water partition coefficient (Wildman–Crippen LogP) is 2.62. The minimum absolute atomic E-state index is 0.0797. The van der Waals surface area contributed by atoms with Crippen LogP contribution < -0.4 is 4.57 Å². The third kappa shape index (κ3) is 2.78. The molecule has 86 valence electrons. The van der Waals surface area contributed by atoms with Gasteiger partial charge in [-0.3, -0.25) is 4.79 Å². The molecule has 0 atom stereocenters. The molecule has 2 nitrogen and oxygen atoms in total. The van der Waals surface area contributed by atoms with E-state index in [0.717, 1.165) is 24.1 Å². The molecule has 0 saturated carbocycles. The summed E-state index contributed by atoms with van der Waals surface area (Å²) in [5, 5.41) is 0. The summed E-state index contributed by atoms with van der Waals surface area (Å²) in [6, 6.07) is 13.2. The molecule has 0 saturated heterocycles. The Morgan fingerprint density at radius 2 is 1.76 bits per heavy atom. The van der Waals surface area contributed by atoms with Gasteiger partial charge in [0, 0.05) is 18.1 Å². The normalized spacial score (nSPS) is 10.2. The Kier molecular flexibility index (Phi) is 3.66. The fourth-order valence-corrected chi connectivity index (χ4v) is 1.81. The number of pyridine rings is 1. The highest BCUT2D eigenvalue weighted by molar-refractivity contribution is 6.08. The van der Waals surface area contributed by atoms with Gasteiger partial charge in [-0.1, -0.05) is 37.3 Å². The fraction of sp³-hybridized carbons (Fsp3) is 0.200. The monoisotopic (exact) mass is 226 g/mol. The average Bonchev–Trinajstić information content (AvgIpc) is 2.40. The minimum atomic E-state index is 0.0797. The second-order valence-corrected chi connectivity index (χ2v) is 4.03. The molecule has 17 heavy (non-hydrogen) atoms. The Morgan fingerprint density at radius 3 is 2.47 bits per heavy atom. The first-order chi connectivity index (χ1) is 8.31. The number of carbonyl (C=O) groups excluding carboxylic acids is 1. The van der Waals surface area contributed by atoms with E-state index in [4.69, 9.17) is 0 Å². The number of rotatable bonds is 4. The molecule has 0 radical (unpaired) electrons. The van der Waals surface area contributed by atoms with Gasteiger partial charge in [-0.2, -0.15) is 0 Å². The van der Waals surface area contributed by atoms with Crippen LogP contribution >= 0.6 is 0 Å². The largest absolute Gasteiger partial charge is 0.288 e. The molecule has 0 amide bonds. The Hall–Kier alpha value is -1.96. The summed E-state index contributed by atoms with van der Waals surface area (Å²) in [7, 11) is 0. The molecule has 0 aliphatic heterocycles. The van der Waals surface area contributed by atoms with Crippen LogP contribution in [0.1, 0.15) is 29.3 Å². The molecule has 2 rings (SSSR count). The zero-order chi connectivity index (χ0) is 12.1. The van der Waals surface area contributed by atoms with Gasteiger partial charge in [0.2, 0.25) is 0 Å². The van der Waals surface area contributed by atoms with E-state index in [9.17, 15) is 4.79 Å². The maximum atomic E-state index is 12.2. The number of hydrogen-bond acceptors (Lipinski definition) is 1. The first-order valence-electron chi connectivity index (χ1n) is 5.90. The predicted molar refractivity (Wildman–Crippen MR) is 66.8 cm³/mol. The maximum absolute atomic E-state index is 12.2. The molecule has 0 fully saturated rings. The van der Waals surface area contributed by atoms with Crippen molar-refractivity contribution in [3.8, 4) is 0 Å². The zero-order valence-electron chi connectivity index (χ0n) is 9.97. The molecule has 2 aromatic rings. The SMILES string of the molecule is CCC[n+]1cccc(C(=O)c2ccccc2)c1. The van der Waals surface area contributed by atoms with Crippen molar-refractivity contribution in [2.24, 2.45) is 0 Å². The van der Waals surface area contributed by atoms with Crippen LogP contribution in [0.25, 0.3) is 0 Å². The maximum Gasteiger partial charge on any atom is 0.199 e. The van der Waals surface area contributed by atoms with E-state index in [-0.39, 0.29) is 5.78 Å². The van der Waals surface area contributed by atoms with Crippen LogP contribution in [0.5, 0.6) is 0 Å². The minimum Gasteiger partial charge on any atom is -0.288 e. The summed E-state index contributed by atoms with van der Waals surface area (Å²) < 4.78 is 2.05. The molecular formula is C15H16NO+. The average molecular weight is 226 g/mol. The van der Waals surface area contributed by atoms with Crippen LogP contribution in [0.4, 0.5) is 0 Å². The molecule has 1 heterocycles. The number of aromatic nitrogens is 1. The zero-order valence-corrected chi connectivity index (χ0v) is 9.97. The van der Waals surface area contributed by atoms with E-state index in [1.165, 1.54) is 0 Å². The quantitative estimate of drug-likeness (QED) is 0.580. The third-order valence-corrected chi connectivity index (χ3v) is 2.64. The highest BCUT2D eigenvalue weighted by atomic mass is 16.1.